The molecule has 0 atom stereocenters. The summed E-state index contributed by atoms with van der Waals surface area (Å²) < 4.78 is 0. The van der Waals surface area contributed by atoms with Gasteiger partial charge in [-0.2, -0.15) is 0 Å². The second kappa shape index (κ2) is 6.18. The molecule has 1 aliphatic heterocycles. The van der Waals surface area contributed by atoms with Crippen LogP contribution in [-0.2, 0) is 11.3 Å². The van der Waals surface area contributed by atoms with Crippen LogP contribution in [0.15, 0.2) is 36.4 Å². The zero-order valence-electron chi connectivity index (χ0n) is 12.5. The SMILES string of the molecule is O=C1CCCN1Cc1ccc(O)c(-c2cccc(NO)c2)c1O. The van der Waals surface area contributed by atoms with E-state index in [9.17, 15) is 15.0 Å². The molecule has 0 aromatic heterocycles. The van der Waals surface area contributed by atoms with Crippen molar-refractivity contribution in [3.63, 3.8) is 0 Å². The summed E-state index contributed by atoms with van der Waals surface area (Å²) in [6, 6.07) is 9.81. The van der Waals surface area contributed by atoms with Gasteiger partial charge in [-0.15, -0.1) is 0 Å². The Bertz CT molecular complexity index is 745. The standard InChI is InChI=1S/C17H18N2O4/c20-14-7-6-12(10-19-8-2-5-15(19)21)17(22)16(14)11-3-1-4-13(9-11)18-23/h1,3-4,6-7,9,18,20,22-23H,2,5,8,10H2. The molecule has 1 amide bonds. The van der Waals surface area contributed by atoms with Crippen LogP contribution in [0, 0.1) is 0 Å². The number of hydrogen-bond acceptors (Lipinski definition) is 5. The van der Waals surface area contributed by atoms with Gasteiger partial charge in [-0.25, -0.2) is 0 Å². The highest BCUT2D eigenvalue weighted by atomic mass is 16.5. The van der Waals surface area contributed by atoms with Gasteiger partial charge in [0.25, 0.3) is 0 Å². The number of phenolic OH excluding ortho intramolecular Hbond substituents is 2. The van der Waals surface area contributed by atoms with Crippen LogP contribution in [-0.4, -0.2) is 32.8 Å². The first-order valence-electron chi connectivity index (χ1n) is 7.42. The molecular weight excluding hydrogens is 296 g/mol. The van der Waals surface area contributed by atoms with E-state index in [0.717, 1.165) is 6.42 Å². The van der Waals surface area contributed by atoms with Gasteiger partial charge in [-0.3, -0.25) is 15.5 Å². The van der Waals surface area contributed by atoms with Crippen LogP contribution >= 0.6 is 0 Å². The molecule has 0 radical (unpaired) electrons. The van der Waals surface area contributed by atoms with Crippen LogP contribution in [0.1, 0.15) is 18.4 Å². The average Bonchev–Trinajstić information content (AvgIpc) is 2.95. The van der Waals surface area contributed by atoms with E-state index in [0.29, 0.717) is 36.3 Å². The van der Waals surface area contributed by atoms with Gasteiger partial charge < -0.3 is 15.1 Å². The van der Waals surface area contributed by atoms with Crippen molar-refractivity contribution in [2.75, 3.05) is 12.0 Å². The fraction of sp³-hybridized carbons (Fsp3) is 0.235. The molecular formula is C17H18N2O4. The predicted molar refractivity (Wildman–Crippen MR) is 85.3 cm³/mol. The van der Waals surface area contributed by atoms with Crippen molar-refractivity contribution >= 4 is 11.6 Å². The zero-order valence-corrected chi connectivity index (χ0v) is 12.5. The first-order chi connectivity index (χ1) is 11.1. The number of rotatable bonds is 4. The lowest BCUT2D eigenvalue weighted by Gasteiger charge is -2.18. The van der Waals surface area contributed by atoms with E-state index in [1.807, 2.05) is 5.48 Å². The second-order valence-electron chi connectivity index (χ2n) is 5.58. The molecule has 1 heterocycles. The summed E-state index contributed by atoms with van der Waals surface area (Å²) in [7, 11) is 0. The smallest absolute Gasteiger partial charge is 0.222 e. The minimum atomic E-state index is -0.0610. The van der Waals surface area contributed by atoms with Crippen LogP contribution in [0.4, 0.5) is 5.69 Å². The normalized spacial score (nSPS) is 14.3. The van der Waals surface area contributed by atoms with Gasteiger partial charge in [0.15, 0.2) is 0 Å². The number of likely N-dealkylation sites (tertiary alicyclic amines) is 1. The summed E-state index contributed by atoms with van der Waals surface area (Å²) in [4.78, 5) is 13.5. The molecule has 120 valence electrons. The minimum Gasteiger partial charge on any atom is -0.507 e. The Morgan fingerprint density at radius 3 is 2.70 bits per heavy atom. The summed E-state index contributed by atoms with van der Waals surface area (Å²) in [5.41, 5.74) is 3.91. The second-order valence-corrected chi connectivity index (χ2v) is 5.58. The Morgan fingerprint density at radius 2 is 2.00 bits per heavy atom. The molecule has 23 heavy (non-hydrogen) atoms. The molecule has 0 spiro atoms. The van der Waals surface area contributed by atoms with Crippen molar-refractivity contribution in [1.29, 1.82) is 0 Å². The number of aromatic hydroxyl groups is 2. The van der Waals surface area contributed by atoms with Crippen molar-refractivity contribution in [1.82, 2.24) is 4.90 Å². The number of amides is 1. The van der Waals surface area contributed by atoms with Crippen molar-refractivity contribution in [2.45, 2.75) is 19.4 Å². The molecule has 0 aliphatic carbocycles. The van der Waals surface area contributed by atoms with Crippen molar-refractivity contribution in [3.8, 4) is 22.6 Å². The number of carbonyl (C=O) groups is 1. The lowest BCUT2D eigenvalue weighted by molar-refractivity contribution is -0.128. The Kier molecular flexibility index (Phi) is 4.08. The minimum absolute atomic E-state index is 0.0558. The number of benzene rings is 2. The third kappa shape index (κ3) is 2.93. The van der Waals surface area contributed by atoms with Crippen LogP contribution in [0.3, 0.4) is 0 Å². The largest absolute Gasteiger partial charge is 0.507 e. The van der Waals surface area contributed by atoms with E-state index in [1.165, 1.54) is 6.07 Å². The number of nitrogens with zero attached hydrogens (tertiary/aromatic N) is 1. The van der Waals surface area contributed by atoms with E-state index in [2.05, 4.69) is 0 Å². The molecule has 0 saturated carbocycles. The molecule has 1 fully saturated rings. The maximum absolute atomic E-state index is 11.8. The number of nitrogens with one attached hydrogen (secondary N) is 1. The van der Waals surface area contributed by atoms with Crippen molar-refractivity contribution < 1.29 is 20.2 Å². The van der Waals surface area contributed by atoms with E-state index < -0.39 is 0 Å². The molecule has 1 saturated heterocycles. The van der Waals surface area contributed by atoms with Crippen LogP contribution in [0.2, 0.25) is 0 Å². The van der Waals surface area contributed by atoms with E-state index in [4.69, 9.17) is 5.21 Å². The Morgan fingerprint density at radius 1 is 1.17 bits per heavy atom. The van der Waals surface area contributed by atoms with Crippen LogP contribution in [0.25, 0.3) is 11.1 Å². The fourth-order valence-corrected chi connectivity index (χ4v) is 2.86. The molecule has 0 unspecified atom stereocenters. The Labute approximate surface area is 133 Å². The van der Waals surface area contributed by atoms with Crippen LogP contribution < -0.4 is 5.48 Å². The van der Waals surface area contributed by atoms with E-state index in [1.54, 1.807) is 35.2 Å². The molecule has 1 aliphatic rings. The van der Waals surface area contributed by atoms with Crippen LogP contribution in [0.5, 0.6) is 11.5 Å². The maximum atomic E-state index is 11.8. The quantitative estimate of drug-likeness (QED) is 0.651. The molecule has 6 nitrogen and oxygen atoms in total. The number of phenols is 2. The topological polar surface area (TPSA) is 93.0 Å². The summed E-state index contributed by atoms with van der Waals surface area (Å²) in [5, 5.41) is 29.7. The molecule has 2 aromatic carbocycles. The van der Waals surface area contributed by atoms with Crippen molar-refractivity contribution in [3.05, 3.63) is 42.0 Å². The van der Waals surface area contributed by atoms with Gasteiger partial charge in [0, 0.05) is 25.1 Å². The molecule has 2 aromatic rings. The van der Waals surface area contributed by atoms with Gasteiger partial charge in [0.1, 0.15) is 11.5 Å². The lowest BCUT2D eigenvalue weighted by atomic mass is 9.99. The third-order valence-electron chi connectivity index (χ3n) is 4.05. The Balaban J connectivity index is 1.99. The third-order valence-corrected chi connectivity index (χ3v) is 4.05. The zero-order chi connectivity index (χ0) is 16.4. The van der Waals surface area contributed by atoms with E-state index >= 15 is 0 Å². The lowest BCUT2D eigenvalue weighted by Crippen LogP contribution is -2.23. The van der Waals surface area contributed by atoms with Gasteiger partial charge in [-0.1, -0.05) is 12.1 Å². The Hall–Kier alpha value is -2.73. The van der Waals surface area contributed by atoms with E-state index in [-0.39, 0.29) is 23.0 Å². The number of anilines is 1. The van der Waals surface area contributed by atoms with Gasteiger partial charge in [-0.05, 0) is 36.2 Å². The van der Waals surface area contributed by atoms with Gasteiger partial charge in [0.05, 0.1) is 11.3 Å². The highest BCUT2D eigenvalue weighted by Crippen LogP contribution is 2.40. The number of carbonyl (C=O) groups excluding carboxylic acids is 1. The van der Waals surface area contributed by atoms with Gasteiger partial charge >= 0.3 is 0 Å². The average molecular weight is 314 g/mol. The summed E-state index contributed by atoms with van der Waals surface area (Å²) >= 11 is 0. The molecule has 0 bridgehead atoms. The highest BCUT2D eigenvalue weighted by molar-refractivity contribution is 5.81. The molecule has 3 rings (SSSR count). The molecule has 6 heteroatoms. The fourth-order valence-electron chi connectivity index (χ4n) is 2.86. The monoisotopic (exact) mass is 314 g/mol. The maximum Gasteiger partial charge on any atom is 0.222 e. The highest BCUT2D eigenvalue weighted by Gasteiger charge is 2.23. The van der Waals surface area contributed by atoms with Gasteiger partial charge in [0.2, 0.25) is 5.91 Å². The predicted octanol–water partition coefficient (Wildman–Crippen LogP) is 2.69. The first-order valence-corrected chi connectivity index (χ1v) is 7.42. The molecule has 4 N–H and O–H groups in total. The number of hydrogen-bond donors (Lipinski definition) is 4. The first kappa shape index (κ1) is 15.2. The van der Waals surface area contributed by atoms with Crippen molar-refractivity contribution in [2.24, 2.45) is 0 Å². The summed E-state index contributed by atoms with van der Waals surface area (Å²) in [6.07, 6.45) is 1.37. The summed E-state index contributed by atoms with van der Waals surface area (Å²) in [5.74, 6) is -0.0422. The summed E-state index contributed by atoms with van der Waals surface area (Å²) in [6.45, 7) is 0.994.